The summed E-state index contributed by atoms with van der Waals surface area (Å²) in [5.41, 5.74) is 2.50. The number of H-pyrrole nitrogens is 1. The molecule has 0 radical (unpaired) electrons. The van der Waals surface area contributed by atoms with Gasteiger partial charge in [0.1, 0.15) is 5.65 Å². The van der Waals surface area contributed by atoms with Crippen LogP contribution in [-0.4, -0.2) is 15.9 Å². The third-order valence-electron chi connectivity index (χ3n) is 3.09. The predicted molar refractivity (Wildman–Crippen MR) is 82.1 cm³/mol. The minimum atomic E-state index is -0.200. The van der Waals surface area contributed by atoms with Crippen molar-refractivity contribution in [3.05, 3.63) is 58.9 Å². The van der Waals surface area contributed by atoms with Gasteiger partial charge in [-0.2, -0.15) is 0 Å². The van der Waals surface area contributed by atoms with Crippen LogP contribution in [-0.2, 0) is 4.79 Å². The molecule has 0 saturated heterocycles. The van der Waals surface area contributed by atoms with Gasteiger partial charge in [-0.05, 0) is 11.6 Å². The van der Waals surface area contributed by atoms with Crippen molar-refractivity contribution in [3.63, 3.8) is 0 Å². The molecule has 104 valence electrons. The smallest absolute Gasteiger partial charge is 0.221 e. The Morgan fingerprint density at radius 2 is 1.95 bits per heavy atom. The van der Waals surface area contributed by atoms with Crippen LogP contribution in [0.4, 0.5) is 5.69 Å². The highest BCUT2D eigenvalue weighted by Gasteiger charge is 2.06. The molecule has 1 aromatic carbocycles. The SMILES string of the molecule is CC(=O)Nc1cnc2[nH]c(-c3ccccc3)cc(=O)c2c1. The summed E-state index contributed by atoms with van der Waals surface area (Å²) in [6, 6.07) is 12.7. The molecular weight excluding hydrogens is 266 g/mol. The first-order chi connectivity index (χ1) is 10.1. The molecule has 0 unspecified atom stereocenters. The van der Waals surface area contributed by atoms with Gasteiger partial charge in [0.05, 0.1) is 23.0 Å². The van der Waals surface area contributed by atoms with Crippen LogP contribution < -0.4 is 10.7 Å². The van der Waals surface area contributed by atoms with Gasteiger partial charge in [-0.15, -0.1) is 0 Å². The van der Waals surface area contributed by atoms with Crippen LogP contribution in [0, 0.1) is 0 Å². The Kier molecular flexibility index (Phi) is 3.23. The van der Waals surface area contributed by atoms with Crippen LogP contribution in [0.1, 0.15) is 6.92 Å². The summed E-state index contributed by atoms with van der Waals surface area (Å²) in [5.74, 6) is -0.200. The molecule has 1 amide bonds. The third kappa shape index (κ3) is 2.67. The first-order valence-electron chi connectivity index (χ1n) is 6.49. The second-order valence-corrected chi connectivity index (χ2v) is 4.71. The molecule has 0 aliphatic carbocycles. The van der Waals surface area contributed by atoms with Gasteiger partial charge in [-0.25, -0.2) is 4.98 Å². The Labute approximate surface area is 120 Å². The highest BCUT2D eigenvalue weighted by molar-refractivity contribution is 5.91. The number of anilines is 1. The number of nitrogens with zero attached hydrogens (tertiary/aromatic N) is 1. The van der Waals surface area contributed by atoms with Crippen molar-refractivity contribution in [1.29, 1.82) is 0 Å². The monoisotopic (exact) mass is 279 g/mol. The lowest BCUT2D eigenvalue weighted by atomic mass is 10.1. The van der Waals surface area contributed by atoms with Crippen molar-refractivity contribution in [2.75, 3.05) is 5.32 Å². The number of benzene rings is 1. The Hall–Kier alpha value is -2.95. The van der Waals surface area contributed by atoms with E-state index in [-0.39, 0.29) is 11.3 Å². The molecule has 0 saturated carbocycles. The quantitative estimate of drug-likeness (QED) is 0.757. The van der Waals surface area contributed by atoms with Crippen molar-refractivity contribution >= 4 is 22.6 Å². The average molecular weight is 279 g/mol. The van der Waals surface area contributed by atoms with E-state index in [0.717, 1.165) is 5.56 Å². The number of amides is 1. The number of rotatable bonds is 2. The van der Waals surface area contributed by atoms with E-state index in [4.69, 9.17) is 0 Å². The van der Waals surface area contributed by atoms with Gasteiger partial charge in [0, 0.05) is 13.0 Å². The van der Waals surface area contributed by atoms with Crippen LogP contribution in [0.15, 0.2) is 53.5 Å². The molecule has 0 fully saturated rings. The fourth-order valence-corrected chi connectivity index (χ4v) is 2.17. The minimum Gasteiger partial charge on any atom is -0.339 e. The summed E-state index contributed by atoms with van der Waals surface area (Å²) >= 11 is 0. The second-order valence-electron chi connectivity index (χ2n) is 4.71. The van der Waals surface area contributed by atoms with Gasteiger partial charge in [0.15, 0.2) is 5.43 Å². The number of carbonyl (C=O) groups excluding carboxylic acids is 1. The number of hydrogen-bond acceptors (Lipinski definition) is 3. The van der Waals surface area contributed by atoms with Crippen LogP contribution in [0.25, 0.3) is 22.3 Å². The number of aromatic nitrogens is 2. The molecule has 2 aromatic heterocycles. The zero-order valence-corrected chi connectivity index (χ0v) is 11.4. The van der Waals surface area contributed by atoms with E-state index in [2.05, 4.69) is 15.3 Å². The molecule has 3 aromatic rings. The first-order valence-corrected chi connectivity index (χ1v) is 6.49. The van der Waals surface area contributed by atoms with Gasteiger partial charge in [0.25, 0.3) is 0 Å². The summed E-state index contributed by atoms with van der Waals surface area (Å²) in [6.45, 7) is 1.41. The number of aromatic amines is 1. The Balaban J connectivity index is 2.14. The standard InChI is InChI=1S/C16H13N3O2/c1-10(20)18-12-7-13-15(21)8-14(19-16(13)17-9-12)11-5-3-2-4-6-11/h2-9H,1H3,(H,18,20)(H,17,19,21). The van der Waals surface area contributed by atoms with Gasteiger partial charge in [-0.3, -0.25) is 9.59 Å². The zero-order chi connectivity index (χ0) is 14.8. The van der Waals surface area contributed by atoms with E-state index in [0.29, 0.717) is 22.4 Å². The first kappa shape index (κ1) is 13.1. The average Bonchev–Trinajstić information content (AvgIpc) is 2.48. The normalized spacial score (nSPS) is 10.5. The van der Waals surface area contributed by atoms with Crippen molar-refractivity contribution in [2.24, 2.45) is 0 Å². The predicted octanol–water partition coefficient (Wildman–Crippen LogP) is 2.55. The molecule has 0 spiro atoms. The Bertz CT molecular complexity index is 870. The van der Waals surface area contributed by atoms with E-state index < -0.39 is 0 Å². The summed E-state index contributed by atoms with van der Waals surface area (Å²) < 4.78 is 0. The molecule has 2 heterocycles. The minimum absolute atomic E-state index is 0.137. The van der Waals surface area contributed by atoms with Crippen molar-refractivity contribution in [3.8, 4) is 11.3 Å². The second kappa shape index (κ2) is 5.20. The number of carbonyl (C=O) groups is 1. The van der Waals surface area contributed by atoms with E-state index in [9.17, 15) is 9.59 Å². The summed E-state index contributed by atoms with van der Waals surface area (Å²) in [7, 11) is 0. The van der Waals surface area contributed by atoms with Gasteiger partial charge in [0.2, 0.25) is 5.91 Å². The molecular formula is C16H13N3O2. The molecule has 2 N–H and O–H groups in total. The maximum Gasteiger partial charge on any atom is 0.221 e. The van der Waals surface area contributed by atoms with Gasteiger partial charge >= 0.3 is 0 Å². The highest BCUT2D eigenvalue weighted by Crippen LogP contribution is 2.18. The number of pyridine rings is 2. The lowest BCUT2D eigenvalue weighted by Gasteiger charge is -2.06. The fraction of sp³-hybridized carbons (Fsp3) is 0.0625. The van der Waals surface area contributed by atoms with Crippen molar-refractivity contribution in [1.82, 2.24) is 9.97 Å². The lowest BCUT2D eigenvalue weighted by molar-refractivity contribution is -0.114. The molecule has 0 bridgehead atoms. The highest BCUT2D eigenvalue weighted by atomic mass is 16.1. The lowest BCUT2D eigenvalue weighted by Crippen LogP contribution is -2.09. The Morgan fingerprint density at radius 1 is 1.19 bits per heavy atom. The molecule has 0 aliphatic heterocycles. The molecule has 0 aliphatic rings. The van der Waals surface area contributed by atoms with Crippen molar-refractivity contribution in [2.45, 2.75) is 6.92 Å². The van der Waals surface area contributed by atoms with Crippen LogP contribution in [0.2, 0.25) is 0 Å². The summed E-state index contributed by atoms with van der Waals surface area (Å²) in [4.78, 5) is 30.6. The number of hydrogen-bond donors (Lipinski definition) is 2. The number of nitrogens with one attached hydrogen (secondary N) is 2. The van der Waals surface area contributed by atoms with E-state index >= 15 is 0 Å². The molecule has 5 heteroatoms. The molecule has 0 atom stereocenters. The maximum absolute atomic E-state index is 12.2. The van der Waals surface area contributed by atoms with Gasteiger partial charge < -0.3 is 10.3 Å². The van der Waals surface area contributed by atoms with Crippen molar-refractivity contribution < 1.29 is 4.79 Å². The topological polar surface area (TPSA) is 74.8 Å². The van der Waals surface area contributed by atoms with E-state index in [1.54, 1.807) is 6.07 Å². The largest absolute Gasteiger partial charge is 0.339 e. The van der Waals surface area contributed by atoms with Crippen LogP contribution >= 0.6 is 0 Å². The Morgan fingerprint density at radius 3 is 2.67 bits per heavy atom. The molecule has 5 nitrogen and oxygen atoms in total. The molecule has 3 rings (SSSR count). The van der Waals surface area contributed by atoms with E-state index in [1.807, 2.05) is 30.3 Å². The third-order valence-corrected chi connectivity index (χ3v) is 3.09. The zero-order valence-electron chi connectivity index (χ0n) is 11.4. The number of fused-ring (bicyclic) bond motifs is 1. The summed E-state index contributed by atoms with van der Waals surface area (Å²) in [5, 5.41) is 3.06. The maximum atomic E-state index is 12.2. The van der Waals surface area contributed by atoms with E-state index in [1.165, 1.54) is 19.2 Å². The van der Waals surface area contributed by atoms with Crippen LogP contribution in [0.3, 0.4) is 0 Å². The van der Waals surface area contributed by atoms with Crippen LogP contribution in [0.5, 0.6) is 0 Å². The van der Waals surface area contributed by atoms with Gasteiger partial charge in [-0.1, -0.05) is 30.3 Å². The fourth-order valence-electron chi connectivity index (χ4n) is 2.17. The summed E-state index contributed by atoms with van der Waals surface area (Å²) in [6.07, 6.45) is 1.52. The molecule has 21 heavy (non-hydrogen) atoms.